The van der Waals surface area contributed by atoms with Gasteiger partial charge in [-0.1, -0.05) is 12.0 Å². The number of aromatic nitrogens is 2. The predicted molar refractivity (Wildman–Crippen MR) is 120 cm³/mol. The summed E-state index contributed by atoms with van der Waals surface area (Å²) in [6.45, 7) is 4.01. The van der Waals surface area contributed by atoms with Gasteiger partial charge in [0.2, 0.25) is 0 Å². The SMILES string of the molecule is C#Cc1c(F)ccc2cc(O)cc(-c3ncc4c(C5[C@H]6CNC[C@@H]56)c(C)n(C)c4c3F)c12. The zero-order valence-electron chi connectivity index (χ0n) is 17.7. The molecule has 3 heterocycles. The van der Waals surface area contributed by atoms with Crippen LogP contribution in [0.5, 0.6) is 5.75 Å². The van der Waals surface area contributed by atoms with Crippen LogP contribution in [0.4, 0.5) is 8.78 Å². The van der Waals surface area contributed by atoms with Crippen LogP contribution in [0.2, 0.25) is 0 Å². The molecule has 160 valence electrons. The number of piperidine rings is 1. The minimum Gasteiger partial charge on any atom is -0.508 e. The lowest BCUT2D eigenvalue weighted by atomic mass is 9.95. The summed E-state index contributed by atoms with van der Waals surface area (Å²) in [6.07, 6.45) is 7.30. The maximum atomic E-state index is 16.1. The van der Waals surface area contributed by atoms with Gasteiger partial charge >= 0.3 is 0 Å². The number of fused-ring (bicyclic) bond motifs is 3. The highest BCUT2D eigenvalue weighted by Gasteiger charge is 2.55. The fourth-order valence-corrected chi connectivity index (χ4v) is 5.75. The molecule has 0 spiro atoms. The highest BCUT2D eigenvalue weighted by molar-refractivity contribution is 6.02. The molecule has 6 heteroatoms. The van der Waals surface area contributed by atoms with Crippen LogP contribution >= 0.6 is 0 Å². The summed E-state index contributed by atoms with van der Waals surface area (Å²) >= 11 is 0. The Labute approximate surface area is 183 Å². The van der Waals surface area contributed by atoms with Crippen LogP contribution in [0, 0.1) is 42.7 Å². The highest BCUT2D eigenvalue weighted by Crippen LogP contribution is 2.58. The predicted octanol–water partition coefficient (Wildman–Crippen LogP) is 4.60. The van der Waals surface area contributed by atoms with Crippen LogP contribution in [-0.2, 0) is 7.05 Å². The number of terminal acetylenes is 1. The number of hydrogen-bond acceptors (Lipinski definition) is 3. The van der Waals surface area contributed by atoms with E-state index in [4.69, 9.17) is 6.42 Å². The van der Waals surface area contributed by atoms with E-state index in [0.29, 0.717) is 34.0 Å². The van der Waals surface area contributed by atoms with E-state index in [1.165, 1.54) is 29.8 Å². The van der Waals surface area contributed by atoms with Crippen molar-refractivity contribution < 1.29 is 13.9 Å². The minimum atomic E-state index is -0.570. The highest BCUT2D eigenvalue weighted by atomic mass is 19.1. The summed E-state index contributed by atoms with van der Waals surface area (Å²) in [5, 5.41) is 15.4. The Balaban J connectivity index is 1.63. The number of phenolic OH excluding ortho intramolecular Hbond substituents is 1. The van der Waals surface area contributed by atoms with Crippen LogP contribution in [-0.4, -0.2) is 27.7 Å². The normalized spacial score (nSPS) is 21.8. The second-order valence-electron chi connectivity index (χ2n) is 8.91. The molecule has 0 bridgehead atoms. The molecule has 0 radical (unpaired) electrons. The number of halogens is 2. The van der Waals surface area contributed by atoms with Crippen molar-refractivity contribution in [1.82, 2.24) is 14.9 Å². The maximum Gasteiger partial charge on any atom is 0.173 e. The van der Waals surface area contributed by atoms with Crippen LogP contribution in [0.25, 0.3) is 32.9 Å². The molecular formula is C26H21F2N3O. The molecule has 2 N–H and O–H groups in total. The van der Waals surface area contributed by atoms with Crippen molar-refractivity contribution in [3.05, 3.63) is 58.9 Å². The Kier molecular flexibility index (Phi) is 3.94. The standard InChI is InChI=1S/C26H21F2N3O/c1-4-15-20(27)6-5-13-7-14(32)8-16(22(13)15)25-24(28)26-19(11-30-25)21(12(2)31(26)3)23-17-9-29-10-18(17)23/h1,5-8,11,17-18,23,29,32H,9-10H2,2-3H3/t17-,18+,23?. The molecule has 2 aromatic heterocycles. The number of benzene rings is 2. The lowest BCUT2D eigenvalue weighted by Crippen LogP contribution is -2.14. The third-order valence-corrected chi connectivity index (χ3v) is 7.39. The summed E-state index contributed by atoms with van der Waals surface area (Å²) in [4.78, 5) is 4.49. The number of aromatic hydroxyl groups is 1. The average molecular weight is 429 g/mol. The molecule has 1 aliphatic heterocycles. The van der Waals surface area contributed by atoms with Gasteiger partial charge in [0.05, 0.1) is 11.1 Å². The number of phenols is 1. The molecule has 2 fully saturated rings. The average Bonchev–Trinajstić information content (AvgIpc) is 3.10. The first kappa shape index (κ1) is 19.3. The van der Waals surface area contributed by atoms with Crippen LogP contribution < -0.4 is 5.32 Å². The van der Waals surface area contributed by atoms with Gasteiger partial charge in [0.15, 0.2) is 5.82 Å². The Bertz CT molecular complexity index is 1490. The zero-order valence-corrected chi connectivity index (χ0v) is 17.7. The molecule has 4 nitrogen and oxygen atoms in total. The molecule has 0 amide bonds. The lowest BCUT2D eigenvalue weighted by molar-refractivity contribution is 0.476. The Morgan fingerprint density at radius 1 is 1.22 bits per heavy atom. The lowest BCUT2D eigenvalue weighted by Gasteiger charge is -2.12. The number of rotatable bonds is 2. The number of hydrogen-bond donors (Lipinski definition) is 2. The molecule has 6 rings (SSSR count). The van der Waals surface area contributed by atoms with Crippen molar-refractivity contribution in [2.24, 2.45) is 18.9 Å². The van der Waals surface area contributed by atoms with Crippen LogP contribution in [0.1, 0.15) is 22.7 Å². The molecule has 1 saturated carbocycles. The Morgan fingerprint density at radius 2 is 1.97 bits per heavy atom. The Morgan fingerprint density at radius 3 is 2.69 bits per heavy atom. The first-order valence-corrected chi connectivity index (χ1v) is 10.7. The van der Waals surface area contributed by atoms with Gasteiger partial charge in [-0.05, 0) is 66.9 Å². The second-order valence-corrected chi connectivity index (χ2v) is 8.91. The molecule has 2 aliphatic rings. The molecule has 2 aromatic carbocycles. The topological polar surface area (TPSA) is 50.1 Å². The first-order chi connectivity index (χ1) is 15.4. The van der Waals surface area contributed by atoms with E-state index in [-0.39, 0.29) is 22.6 Å². The number of aryl methyl sites for hydroxylation is 1. The smallest absolute Gasteiger partial charge is 0.173 e. The van der Waals surface area contributed by atoms with Gasteiger partial charge in [-0.15, -0.1) is 6.42 Å². The number of nitrogens with zero attached hydrogens (tertiary/aromatic N) is 2. The molecule has 1 saturated heterocycles. The van der Waals surface area contributed by atoms with Gasteiger partial charge in [-0.2, -0.15) is 0 Å². The maximum absolute atomic E-state index is 16.1. The van der Waals surface area contributed by atoms with Gasteiger partial charge in [-0.3, -0.25) is 4.98 Å². The second kappa shape index (κ2) is 6.54. The zero-order chi connectivity index (χ0) is 22.3. The third-order valence-electron chi connectivity index (χ3n) is 7.39. The summed E-state index contributed by atoms with van der Waals surface area (Å²) in [5.74, 6) is 2.86. The summed E-state index contributed by atoms with van der Waals surface area (Å²) in [6, 6.07) is 5.66. The van der Waals surface area contributed by atoms with Gasteiger partial charge < -0.3 is 15.0 Å². The molecular weight excluding hydrogens is 408 g/mol. The van der Waals surface area contributed by atoms with Crippen molar-refractivity contribution in [3.63, 3.8) is 0 Å². The van der Waals surface area contributed by atoms with E-state index in [0.717, 1.165) is 24.2 Å². The number of pyridine rings is 1. The van der Waals surface area contributed by atoms with Gasteiger partial charge in [0.25, 0.3) is 0 Å². The van der Waals surface area contributed by atoms with E-state index in [1.807, 2.05) is 18.5 Å². The monoisotopic (exact) mass is 429 g/mol. The first-order valence-electron chi connectivity index (χ1n) is 10.7. The third kappa shape index (κ3) is 2.43. The van der Waals surface area contributed by atoms with E-state index in [1.54, 1.807) is 6.20 Å². The van der Waals surface area contributed by atoms with Crippen molar-refractivity contribution in [2.45, 2.75) is 12.8 Å². The van der Waals surface area contributed by atoms with Gasteiger partial charge in [0, 0.05) is 35.3 Å². The molecule has 1 aliphatic carbocycles. The summed E-state index contributed by atoms with van der Waals surface area (Å²) in [7, 11) is 1.86. The van der Waals surface area contributed by atoms with Crippen molar-refractivity contribution in [2.75, 3.05) is 13.1 Å². The van der Waals surface area contributed by atoms with Gasteiger partial charge in [0.1, 0.15) is 17.3 Å². The minimum absolute atomic E-state index is 0.0286. The van der Waals surface area contributed by atoms with Gasteiger partial charge in [-0.25, -0.2) is 8.78 Å². The summed E-state index contributed by atoms with van der Waals surface area (Å²) < 4.78 is 32.4. The molecule has 32 heavy (non-hydrogen) atoms. The molecule has 1 unspecified atom stereocenters. The molecule has 3 atom stereocenters. The molecule has 4 aromatic rings. The van der Waals surface area contributed by atoms with Crippen LogP contribution in [0.3, 0.4) is 0 Å². The fourth-order valence-electron chi connectivity index (χ4n) is 5.75. The van der Waals surface area contributed by atoms with Crippen molar-refractivity contribution in [3.8, 4) is 29.4 Å². The Hall–Kier alpha value is -3.43. The van der Waals surface area contributed by atoms with E-state index in [2.05, 4.69) is 16.2 Å². The summed E-state index contributed by atoms with van der Waals surface area (Å²) in [5.41, 5.74) is 3.03. The quantitative estimate of drug-likeness (QED) is 0.458. The van der Waals surface area contributed by atoms with E-state index >= 15 is 4.39 Å². The van der Waals surface area contributed by atoms with Crippen molar-refractivity contribution >= 4 is 21.7 Å². The van der Waals surface area contributed by atoms with Crippen LogP contribution in [0.15, 0.2) is 30.5 Å². The van der Waals surface area contributed by atoms with E-state index in [9.17, 15) is 9.50 Å². The fraction of sp³-hybridized carbons (Fsp3) is 0.269. The van der Waals surface area contributed by atoms with E-state index < -0.39 is 11.6 Å². The largest absolute Gasteiger partial charge is 0.508 e. The number of nitrogens with one attached hydrogen (secondary N) is 1. The van der Waals surface area contributed by atoms with Crippen molar-refractivity contribution in [1.29, 1.82) is 0 Å².